The first-order chi connectivity index (χ1) is 19.3. The monoisotopic (exact) mass is 565 g/mol. The molecule has 212 valence electrons. The van der Waals surface area contributed by atoms with Gasteiger partial charge in [-0.1, -0.05) is 35.9 Å². The van der Waals surface area contributed by atoms with Crippen molar-refractivity contribution in [2.45, 2.75) is 32.0 Å². The first kappa shape index (κ1) is 27.0. The van der Waals surface area contributed by atoms with Gasteiger partial charge < -0.3 is 24.5 Å². The molecule has 2 saturated heterocycles. The van der Waals surface area contributed by atoms with E-state index in [0.29, 0.717) is 32.2 Å². The number of piperazine rings is 1. The Bertz CT molecular complexity index is 1400. The third-order valence-electron chi connectivity index (χ3n) is 8.59. The van der Waals surface area contributed by atoms with Gasteiger partial charge in [-0.15, -0.1) is 0 Å². The third-order valence-corrected chi connectivity index (χ3v) is 8.90. The minimum absolute atomic E-state index is 0.429. The summed E-state index contributed by atoms with van der Waals surface area (Å²) in [6.45, 7) is 7.04. The SMILES string of the molecule is CC(F)C(=O)N1CCN(c2nc(N3CC(N(C)C)C3)nc3c2CCN(c2cccc4cccc(Cl)c24)CC3)CC1. The number of carbonyl (C=O) groups excluding carboxylic acids is 1. The summed E-state index contributed by atoms with van der Waals surface area (Å²) in [6.07, 6.45) is 0.145. The number of fused-ring (bicyclic) bond motifs is 2. The number of aromatic nitrogens is 2. The van der Waals surface area contributed by atoms with E-state index in [1.54, 1.807) is 4.90 Å². The van der Waals surface area contributed by atoms with Gasteiger partial charge in [0, 0.05) is 81.5 Å². The topological polar surface area (TPSA) is 59.1 Å². The predicted octanol–water partition coefficient (Wildman–Crippen LogP) is 3.65. The van der Waals surface area contributed by atoms with Crippen molar-refractivity contribution < 1.29 is 9.18 Å². The number of anilines is 3. The van der Waals surface area contributed by atoms with E-state index in [4.69, 9.17) is 21.6 Å². The van der Waals surface area contributed by atoms with Gasteiger partial charge in [-0.05, 0) is 45.0 Å². The molecule has 1 atom stereocenters. The summed E-state index contributed by atoms with van der Waals surface area (Å²) in [7, 11) is 4.22. The Hall–Kier alpha value is -3.17. The molecule has 40 heavy (non-hydrogen) atoms. The number of likely N-dealkylation sites (N-methyl/N-ethyl adjacent to an activating group) is 1. The molecule has 3 aliphatic rings. The van der Waals surface area contributed by atoms with Crippen molar-refractivity contribution >= 4 is 45.7 Å². The summed E-state index contributed by atoms with van der Waals surface area (Å²) in [5.74, 6) is 1.32. The van der Waals surface area contributed by atoms with E-state index in [-0.39, 0.29) is 0 Å². The van der Waals surface area contributed by atoms with Crippen LogP contribution in [0.3, 0.4) is 0 Å². The maximum Gasteiger partial charge on any atom is 0.256 e. The van der Waals surface area contributed by atoms with Crippen LogP contribution in [0.5, 0.6) is 0 Å². The van der Waals surface area contributed by atoms with Crippen LogP contribution in [0.15, 0.2) is 36.4 Å². The number of rotatable bonds is 5. The van der Waals surface area contributed by atoms with E-state index in [1.165, 1.54) is 12.5 Å². The highest BCUT2D eigenvalue weighted by atomic mass is 35.5. The Morgan fingerprint density at radius 2 is 1.65 bits per heavy atom. The highest BCUT2D eigenvalue weighted by Crippen LogP contribution is 2.36. The Balaban J connectivity index is 1.30. The Kier molecular flexibility index (Phi) is 7.44. The van der Waals surface area contributed by atoms with Crippen LogP contribution < -0.4 is 14.7 Å². The quantitative estimate of drug-likeness (QED) is 0.468. The van der Waals surface area contributed by atoms with Gasteiger partial charge in [-0.2, -0.15) is 4.98 Å². The maximum absolute atomic E-state index is 13.7. The summed E-state index contributed by atoms with van der Waals surface area (Å²) in [4.78, 5) is 33.3. The van der Waals surface area contributed by atoms with Crippen molar-refractivity contribution in [3.8, 4) is 0 Å². The van der Waals surface area contributed by atoms with Crippen molar-refractivity contribution in [1.29, 1.82) is 0 Å². The van der Waals surface area contributed by atoms with E-state index in [0.717, 1.165) is 78.0 Å². The zero-order chi connectivity index (χ0) is 28.0. The zero-order valence-electron chi connectivity index (χ0n) is 23.5. The van der Waals surface area contributed by atoms with Gasteiger partial charge in [0.15, 0.2) is 6.17 Å². The normalized spacial score (nSPS) is 19.1. The minimum Gasteiger partial charge on any atom is -0.370 e. The summed E-state index contributed by atoms with van der Waals surface area (Å²) >= 11 is 6.69. The van der Waals surface area contributed by atoms with Gasteiger partial charge in [0.05, 0.1) is 10.7 Å². The van der Waals surface area contributed by atoms with E-state index in [9.17, 15) is 9.18 Å². The highest BCUT2D eigenvalue weighted by molar-refractivity contribution is 6.36. The Morgan fingerprint density at radius 3 is 2.35 bits per heavy atom. The molecular formula is C30H37ClFN7O. The van der Waals surface area contributed by atoms with E-state index in [1.807, 2.05) is 12.1 Å². The van der Waals surface area contributed by atoms with Gasteiger partial charge in [-0.25, -0.2) is 9.37 Å². The minimum atomic E-state index is -1.47. The molecule has 0 saturated carbocycles. The first-order valence-corrected chi connectivity index (χ1v) is 14.6. The van der Waals surface area contributed by atoms with Crippen molar-refractivity contribution in [3.05, 3.63) is 52.7 Å². The molecule has 0 bridgehead atoms. The first-order valence-electron chi connectivity index (χ1n) is 14.2. The molecule has 4 heterocycles. The average molecular weight is 566 g/mol. The molecule has 0 radical (unpaired) electrons. The summed E-state index contributed by atoms with van der Waals surface area (Å²) in [5.41, 5.74) is 3.42. The van der Waals surface area contributed by atoms with Crippen molar-refractivity contribution in [3.63, 3.8) is 0 Å². The molecule has 1 aromatic heterocycles. The van der Waals surface area contributed by atoms with Crippen molar-refractivity contribution in [2.24, 2.45) is 0 Å². The number of benzene rings is 2. The molecule has 8 nitrogen and oxygen atoms in total. The van der Waals surface area contributed by atoms with Crippen LogP contribution in [0.4, 0.5) is 21.8 Å². The van der Waals surface area contributed by atoms with E-state index >= 15 is 0 Å². The molecule has 10 heteroatoms. The lowest BCUT2D eigenvalue weighted by Crippen LogP contribution is -2.58. The summed E-state index contributed by atoms with van der Waals surface area (Å²) < 4.78 is 13.7. The van der Waals surface area contributed by atoms with Gasteiger partial charge >= 0.3 is 0 Å². The van der Waals surface area contributed by atoms with Gasteiger partial charge in [0.25, 0.3) is 5.91 Å². The zero-order valence-corrected chi connectivity index (χ0v) is 24.2. The molecule has 3 aromatic rings. The van der Waals surface area contributed by atoms with Crippen molar-refractivity contribution in [1.82, 2.24) is 19.8 Å². The number of hydrogen-bond acceptors (Lipinski definition) is 7. The van der Waals surface area contributed by atoms with Gasteiger partial charge in [0.1, 0.15) is 5.82 Å². The van der Waals surface area contributed by atoms with Crippen LogP contribution in [0, 0.1) is 0 Å². The maximum atomic E-state index is 13.7. The van der Waals surface area contributed by atoms with Crippen LogP contribution in [0.25, 0.3) is 10.8 Å². The second-order valence-electron chi connectivity index (χ2n) is 11.3. The summed E-state index contributed by atoms with van der Waals surface area (Å²) in [5, 5.41) is 2.99. The lowest BCUT2D eigenvalue weighted by atomic mass is 10.1. The molecule has 0 aliphatic carbocycles. The van der Waals surface area contributed by atoms with Crippen LogP contribution in [0.2, 0.25) is 5.02 Å². The van der Waals surface area contributed by atoms with Crippen LogP contribution in [0.1, 0.15) is 18.2 Å². The smallest absolute Gasteiger partial charge is 0.256 e. The van der Waals surface area contributed by atoms with Crippen molar-refractivity contribution in [2.75, 3.05) is 81.2 Å². The molecule has 2 fully saturated rings. The fraction of sp³-hybridized carbons (Fsp3) is 0.500. The second-order valence-corrected chi connectivity index (χ2v) is 11.7. The second kappa shape index (κ2) is 11.0. The fourth-order valence-electron chi connectivity index (χ4n) is 6.09. The Morgan fingerprint density at radius 1 is 0.950 bits per heavy atom. The lowest BCUT2D eigenvalue weighted by Gasteiger charge is -2.43. The molecule has 1 amide bonds. The molecule has 6 rings (SSSR count). The van der Waals surface area contributed by atoms with Gasteiger partial charge in [-0.3, -0.25) is 4.79 Å². The van der Waals surface area contributed by atoms with E-state index in [2.05, 4.69) is 58.0 Å². The lowest BCUT2D eigenvalue weighted by molar-refractivity contribution is -0.136. The standard InChI is InChI=1S/C30H37ClFN7O/c1-20(32)29(40)38-16-14-37(15-17-38)28-23-10-12-36(26-9-5-7-21-6-4-8-24(31)27(21)26)13-11-25(23)33-30(34-28)39-18-22(19-39)35(2)3/h4-9,20,22H,10-19H2,1-3H3. The van der Waals surface area contributed by atoms with Crippen LogP contribution >= 0.6 is 11.6 Å². The molecule has 2 aromatic carbocycles. The highest BCUT2D eigenvalue weighted by Gasteiger charge is 2.34. The molecule has 0 N–H and O–H groups in total. The fourth-order valence-corrected chi connectivity index (χ4v) is 6.36. The largest absolute Gasteiger partial charge is 0.370 e. The number of carbonyl (C=O) groups is 1. The number of amides is 1. The van der Waals surface area contributed by atoms with Gasteiger partial charge in [0.2, 0.25) is 5.95 Å². The molecule has 3 aliphatic heterocycles. The number of halogens is 2. The number of hydrogen-bond donors (Lipinski definition) is 0. The van der Waals surface area contributed by atoms with Crippen LogP contribution in [-0.2, 0) is 17.6 Å². The predicted molar refractivity (Wildman–Crippen MR) is 160 cm³/mol. The molecular weight excluding hydrogens is 529 g/mol. The Labute approximate surface area is 240 Å². The molecule has 1 unspecified atom stereocenters. The van der Waals surface area contributed by atoms with E-state index < -0.39 is 12.1 Å². The average Bonchev–Trinajstić information content (AvgIpc) is 3.14. The number of alkyl halides is 1. The van der Waals surface area contributed by atoms with Crippen LogP contribution in [-0.4, -0.2) is 104 Å². The summed E-state index contributed by atoms with van der Waals surface area (Å²) in [6, 6.07) is 12.9. The number of nitrogens with zero attached hydrogens (tertiary/aromatic N) is 7. The molecule has 0 spiro atoms. The third kappa shape index (κ3) is 5.05.